The van der Waals surface area contributed by atoms with Crippen molar-refractivity contribution in [3.05, 3.63) is 68.3 Å². The monoisotopic (exact) mass is 345 g/mol. The number of ketones is 1. The molecule has 0 fully saturated rings. The van der Waals surface area contributed by atoms with Gasteiger partial charge < -0.3 is 0 Å². The summed E-state index contributed by atoms with van der Waals surface area (Å²) in [6, 6.07) is 11.4. The maximum atomic E-state index is 12.3. The van der Waals surface area contributed by atoms with Crippen molar-refractivity contribution in [2.45, 2.75) is 6.92 Å². The van der Waals surface area contributed by atoms with Gasteiger partial charge in [0.05, 0.1) is 10.6 Å². The Morgan fingerprint density at radius 2 is 2.00 bits per heavy atom. The van der Waals surface area contributed by atoms with Crippen molar-refractivity contribution in [1.82, 2.24) is 4.98 Å². The van der Waals surface area contributed by atoms with Crippen LogP contribution in [0.3, 0.4) is 0 Å². The SMILES string of the molecule is Cc1nc(-c2ccc(Cl)cc2)sc1C(=O)C=Cc1cccs1. The van der Waals surface area contributed by atoms with Gasteiger partial charge in [0, 0.05) is 15.5 Å². The summed E-state index contributed by atoms with van der Waals surface area (Å²) < 4.78 is 0. The van der Waals surface area contributed by atoms with E-state index in [1.807, 2.05) is 54.8 Å². The van der Waals surface area contributed by atoms with Gasteiger partial charge >= 0.3 is 0 Å². The van der Waals surface area contributed by atoms with E-state index < -0.39 is 0 Å². The van der Waals surface area contributed by atoms with E-state index in [4.69, 9.17) is 11.6 Å². The number of hydrogen-bond acceptors (Lipinski definition) is 4. The Morgan fingerprint density at radius 1 is 1.23 bits per heavy atom. The molecule has 0 saturated carbocycles. The van der Waals surface area contributed by atoms with Crippen molar-refractivity contribution in [1.29, 1.82) is 0 Å². The molecule has 2 nitrogen and oxygen atoms in total. The average molecular weight is 346 g/mol. The predicted octanol–water partition coefficient (Wildman–Crippen LogP) is 5.73. The minimum absolute atomic E-state index is 0.0105. The predicted molar refractivity (Wildman–Crippen MR) is 95.0 cm³/mol. The Balaban J connectivity index is 1.85. The summed E-state index contributed by atoms with van der Waals surface area (Å²) in [4.78, 5) is 18.6. The first-order valence-corrected chi connectivity index (χ1v) is 8.70. The zero-order valence-electron chi connectivity index (χ0n) is 11.7. The second kappa shape index (κ2) is 6.57. The molecule has 0 radical (unpaired) electrons. The number of carbonyl (C=O) groups excluding carboxylic acids is 1. The number of hydrogen-bond donors (Lipinski definition) is 0. The van der Waals surface area contributed by atoms with Crippen LogP contribution in [0.15, 0.2) is 47.9 Å². The molecule has 3 aromatic rings. The van der Waals surface area contributed by atoms with E-state index in [0.717, 1.165) is 21.1 Å². The van der Waals surface area contributed by atoms with Gasteiger partial charge in [0.1, 0.15) is 5.01 Å². The molecule has 5 heteroatoms. The molecule has 2 heterocycles. The summed E-state index contributed by atoms with van der Waals surface area (Å²) in [6.07, 6.45) is 3.45. The number of carbonyl (C=O) groups is 1. The Morgan fingerprint density at radius 3 is 2.68 bits per heavy atom. The van der Waals surface area contributed by atoms with Crippen molar-refractivity contribution in [3.8, 4) is 10.6 Å². The summed E-state index contributed by atoms with van der Waals surface area (Å²) >= 11 is 8.91. The molecular formula is C17H12ClNOS2. The second-order valence-electron chi connectivity index (χ2n) is 4.65. The van der Waals surface area contributed by atoms with Crippen LogP contribution in [0, 0.1) is 6.92 Å². The van der Waals surface area contributed by atoms with E-state index in [1.165, 1.54) is 11.3 Å². The molecule has 0 aliphatic carbocycles. The Labute approximate surface area is 141 Å². The molecular weight excluding hydrogens is 334 g/mol. The van der Waals surface area contributed by atoms with Crippen LogP contribution >= 0.6 is 34.3 Å². The quantitative estimate of drug-likeness (QED) is 0.446. The van der Waals surface area contributed by atoms with Crippen LogP contribution in [0.1, 0.15) is 20.2 Å². The molecule has 110 valence electrons. The van der Waals surface area contributed by atoms with Gasteiger partial charge in [-0.3, -0.25) is 4.79 Å². The summed E-state index contributed by atoms with van der Waals surface area (Å²) in [6.45, 7) is 1.86. The standard InChI is InChI=1S/C17H12ClNOS2/c1-11-16(15(20)9-8-14-3-2-10-21-14)22-17(19-11)12-4-6-13(18)7-5-12/h2-10H,1H3. The molecule has 0 saturated heterocycles. The van der Waals surface area contributed by atoms with Crippen LogP contribution in [0.5, 0.6) is 0 Å². The van der Waals surface area contributed by atoms with Crippen LogP contribution in [0.25, 0.3) is 16.6 Å². The van der Waals surface area contributed by atoms with Gasteiger partial charge in [0.2, 0.25) is 0 Å². The fraction of sp³-hybridized carbons (Fsp3) is 0.0588. The molecule has 0 aliphatic heterocycles. The number of aromatic nitrogens is 1. The summed E-state index contributed by atoms with van der Waals surface area (Å²) in [5, 5.41) is 3.51. The van der Waals surface area contributed by atoms with Gasteiger partial charge in [-0.1, -0.05) is 29.8 Å². The highest BCUT2D eigenvalue weighted by atomic mass is 35.5. The average Bonchev–Trinajstić information content (AvgIpc) is 3.15. The Kier molecular flexibility index (Phi) is 4.52. The van der Waals surface area contributed by atoms with Crippen LogP contribution < -0.4 is 0 Å². The van der Waals surface area contributed by atoms with Crippen molar-refractivity contribution >= 4 is 46.1 Å². The zero-order chi connectivity index (χ0) is 15.5. The van der Waals surface area contributed by atoms with Gasteiger partial charge in [-0.25, -0.2) is 4.98 Å². The highest BCUT2D eigenvalue weighted by Crippen LogP contribution is 2.29. The smallest absolute Gasteiger partial charge is 0.197 e. The highest BCUT2D eigenvalue weighted by molar-refractivity contribution is 7.17. The summed E-state index contributed by atoms with van der Waals surface area (Å²) in [5.74, 6) is -0.0105. The minimum atomic E-state index is -0.0105. The molecule has 22 heavy (non-hydrogen) atoms. The van der Waals surface area contributed by atoms with Crippen LogP contribution in [-0.2, 0) is 0 Å². The Bertz CT molecular complexity index is 817. The molecule has 1 aromatic carbocycles. The summed E-state index contributed by atoms with van der Waals surface area (Å²) in [7, 11) is 0. The molecule has 0 amide bonds. The number of thiophene rings is 1. The maximum absolute atomic E-state index is 12.3. The lowest BCUT2D eigenvalue weighted by molar-refractivity contribution is 0.105. The second-order valence-corrected chi connectivity index (χ2v) is 7.07. The first-order chi connectivity index (χ1) is 10.6. The number of halogens is 1. The van der Waals surface area contributed by atoms with Crippen molar-refractivity contribution in [2.75, 3.05) is 0 Å². The lowest BCUT2D eigenvalue weighted by Crippen LogP contribution is -1.92. The third-order valence-electron chi connectivity index (χ3n) is 3.05. The Hall–Kier alpha value is -1.75. The van der Waals surface area contributed by atoms with Gasteiger partial charge in [-0.2, -0.15) is 0 Å². The lowest BCUT2D eigenvalue weighted by Gasteiger charge is -1.95. The van der Waals surface area contributed by atoms with Crippen molar-refractivity contribution < 1.29 is 4.79 Å². The van der Waals surface area contributed by atoms with Gasteiger partial charge in [-0.05, 0) is 42.7 Å². The van der Waals surface area contributed by atoms with Gasteiger partial charge in [-0.15, -0.1) is 22.7 Å². The first kappa shape index (κ1) is 15.2. The maximum Gasteiger partial charge on any atom is 0.197 e. The van der Waals surface area contributed by atoms with Crippen molar-refractivity contribution in [3.63, 3.8) is 0 Å². The first-order valence-electron chi connectivity index (χ1n) is 6.63. The van der Waals surface area contributed by atoms with Crippen molar-refractivity contribution in [2.24, 2.45) is 0 Å². The van der Waals surface area contributed by atoms with E-state index in [2.05, 4.69) is 4.98 Å². The molecule has 0 spiro atoms. The largest absolute Gasteiger partial charge is 0.288 e. The third kappa shape index (κ3) is 3.35. The third-order valence-corrected chi connectivity index (χ3v) is 5.36. The van der Waals surface area contributed by atoms with Crippen LogP contribution in [0.4, 0.5) is 0 Å². The number of benzene rings is 1. The fourth-order valence-electron chi connectivity index (χ4n) is 1.96. The molecule has 0 bridgehead atoms. The topological polar surface area (TPSA) is 30.0 Å². The van der Waals surface area contributed by atoms with Crippen LogP contribution in [0.2, 0.25) is 5.02 Å². The van der Waals surface area contributed by atoms with E-state index in [1.54, 1.807) is 17.4 Å². The number of aryl methyl sites for hydroxylation is 1. The van der Waals surface area contributed by atoms with E-state index in [-0.39, 0.29) is 5.78 Å². The molecule has 2 aromatic heterocycles. The molecule has 0 aliphatic rings. The number of nitrogens with zero attached hydrogens (tertiary/aromatic N) is 1. The number of rotatable bonds is 4. The lowest BCUT2D eigenvalue weighted by atomic mass is 10.2. The number of allylic oxidation sites excluding steroid dienone is 1. The molecule has 0 unspecified atom stereocenters. The minimum Gasteiger partial charge on any atom is -0.288 e. The van der Waals surface area contributed by atoms with E-state index >= 15 is 0 Å². The molecule has 3 rings (SSSR count). The van der Waals surface area contributed by atoms with Crippen LogP contribution in [-0.4, -0.2) is 10.8 Å². The molecule has 0 atom stereocenters. The van der Waals surface area contributed by atoms with E-state index in [0.29, 0.717) is 9.90 Å². The number of thiazole rings is 1. The normalized spacial score (nSPS) is 11.2. The molecule has 0 N–H and O–H groups in total. The van der Waals surface area contributed by atoms with Gasteiger partial charge in [0.15, 0.2) is 5.78 Å². The summed E-state index contributed by atoms with van der Waals surface area (Å²) in [5.41, 5.74) is 1.73. The zero-order valence-corrected chi connectivity index (χ0v) is 14.1. The highest BCUT2D eigenvalue weighted by Gasteiger charge is 2.14. The van der Waals surface area contributed by atoms with Gasteiger partial charge in [0.25, 0.3) is 0 Å². The van der Waals surface area contributed by atoms with E-state index in [9.17, 15) is 4.79 Å². The fourth-order valence-corrected chi connectivity index (χ4v) is 3.70.